The van der Waals surface area contributed by atoms with Gasteiger partial charge >= 0.3 is 6.03 Å². The third-order valence-corrected chi connectivity index (χ3v) is 4.48. The van der Waals surface area contributed by atoms with Crippen molar-refractivity contribution in [3.05, 3.63) is 64.3 Å². The first-order valence-electron chi connectivity index (χ1n) is 8.31. The quantitative estimate of drug-likeness (QED) is 0.790. The Morgan fingerprint density at radius 3 is 2.79 bits per heavy atom. The maximum Gasteiger partial charge on any atom is 0.368 e. The van der Waals surface area contributed by atoms with Gasteiger partial charge in [0.25, 0.3) is 0 Å². The molecule has 24 heavy (non-hydrogen) atoms. The van der Waals surface area contributed by atoms with E-state index in [2.05, 4.69) is 39.2 Å². The fourth-order valence-electron chi connectivity index (χ4n) is 3.23. The van der Waals surface area contributed by atoms with E-state index in [1.54, 1.807) is 12.1 Å². The van der Waals surface area contributed by atoms with Crippen LogP contribution in [0.15, 0.2) is 52.4 Å². The molecular formula is C19H19N3O2. The van der Waals surface area contributed by atoms with Gasteiger partial charge in [-0.1, -0.05) is 24.3 Å². The lowest BCUT2D eigenvalue weighted by Crippen LogP contribution is -2.32. The number of carbonyl (C=O) groups is 1. The van der Waals surface area contributed by atoms with Gasteiger partial charge in [0.05, 0.1) is 17.3 Å². The topological polar surface area (TPSA) is 54.3 Å². The standard InChI is InChI=1S/C19H19N3O2/c23-19-20-17-7-6-16(12-18(17)21-19)24-11-3-9-22-10-8-14-4-1-2-5-15(14)13-22/h1-2,4-7,12H,3,8-11,13H2. The zero-order valence-corrected chi connectivity index (χ0v) is 13.4. The molecule has 0 unspecified atom stereocenters. The average Bonchev–Trinajstić information content (AvgIpc) is 2.98. The third kappa shape index (κ3) is 3.21. The number of rotatable bonds is 5. The van der Waals surface area contributed by atoms with Crippen molar-refractivity contribution in [2.45, 2.75) is 19.4 Å². The first-order valence-corrected chi connectivity index (χ1v) is 8.31. The summed E-state index contributed by atoms with van der Waals surface area (Å²) in [5, 5.41) is 1.23. The van der Waals surface area contributed by atoms with E-state index < -0.39 is 6.03 Å². The molecular weight excluding hydrogens is 302 g/mol. The Balaban J connectivity index is 1.27. The molecule has 2 heterocycles. The second kappa shape index (κ2) is 6.53. The number of urea groups is 1. The van der Waals surface area contributed by atoms with Crippen LogP contribution in [0.25, 0.3) is 0 Å². The molecule has 0 aliphatic carbocycles. The van der Waals surface area contributed by atoms with E-state index in [1.807, 2.05) is 6.07 Å². The molecule has 0 fully saturated rings. The summed E-state index contributed by atoms with van der Waals surface area (Å²) in [6.45, 7) is 3.81. The van der Waals surface area contributed by atoms with Crippen LogP contribution in [0, 0.1) is 0 Å². The van der Waals surface area contributed by atoms with Crippen LogP contribution in [0.1, 0.15) is 17.5 Å². The van der Waals surface area contributed by atoms with Crippen LogP contribution >= 0.6 is 0 Å². The third-order valence-electron chi connectivity index (χ3n) is 4.48. The number of carbonyl (C=O) groups excluding carboxylic acids is 1. The van der Waals surface area contributed by atoms with Crippen LogP contribution in [-0.2, 0) is 13.0 Å². The highest BCUT2D eigenvalue weighted by Gasteiger charge is 2.15. The van der Waals surface area contributed by atoms with Crippen molar-refractivity contribution < 1.29 is 9.53 Å². The monoisotopic (exact) mass is 321 g/mol. The molecule has 2 amide bonds. The van der Waals surface area contributed by atoms with Gasteiger partial charge in [0, 0.05) is 25.7 Å². The smallest absolute Gasteiger partial charge is 0.368 e. The normalized spacial score (nSPS) is 16.1. The molecule has 5 nitrogen and oxygen atoms in total. The summed E-state index contributed by atoms with van der Waals surface area (Å²) in [7, 11) is 0. The summed E-state index contributed by atoms with van der Waals surface area (Å²) < 4.78 is 5.79. The van der Waals surface area contributed by atoms with E-state index in [9.17, 15) is 4.79 Å². The van der Waals surface area contributed by atoms with E-state index >= 15 is 0 Å². The van der Waals surface area contributed by atoms with E-state index in [1.165, 1.54) is 11.1 Å². The molecule has 2 aliphatic heterocycles. The van der Waals surface area contributed by atoms with Gasteiger partial charge in [0.15, 0.2) is 0 Å². The van der Waals surface area contributed by atoms with Crippen LogP contribution in [0.4, 0.5) is 4.79 Å². The van der Waals surface area contributed by atoms with Gasteiger partial charge in [-0.05, 0) is 36.1 Å². The fraction of sp³-hybridized carbons (Fsp3) is 0.316. The molecule has 0 aromatic heterocycles. The highest BCUT2D eigenvalue weighted by molar-refractivity contribution is 5.77. The summed E-state index contributed by atoms with van der Waals surface area (Å²) in [4.78, 5) is 21.3. The van der Waals surface area contributed by atoms with E-state index in [-0.39, 0.29) is 0 Å². The molecule has 0 spiro atoms. The van der Waals surface area contributed by atoms with E-state index in [0.29, 0.717) is 17.3 Å². The van der Waals surface area contributed by atoms with Gasteiger partial charge in [-0.2, -0.15) is 9.98 Å². The number of benzene rings is 2. The van der Waals surface area contributed by atoms with Gasteiger partial charge in [-0.3, -0.25) is 4.90 Å². The maximum atomic E-state index is 11.2. The highest BCUT2D eigenvalue weighted by atomic mass is 16.5. The summed E-state index contributed by atoms with van der Waals surface area (Å²) in [5.74, 6) is 0.742. The number of fused-ring (bicyclic) bond motifs is 2. The van der Waals surface area contributed by atoms with Gasteiger partial charge in [-0.15, -0.1) is 0 Å². The Hall–Kier alpha value is -2.53. The van der Waals surface area contributed by atoms with Crippen LogP contribution in [-0.4, -0.2) is 30.6 Å². The molecule has 0 N–H and O–H groups in total. The highest BCUT2D eigenvalue weighted by Crippen LogP contribution is 2.18. The van der Waals surface area contributed by atoms with Crippen molar-refractivity contribution in [1.82, 2.24) is 4.90 Å². The van der Waals surface area contributed by atoms with Crippen molar-refractivity contribution in [3.63, 3.8) is 0 Å². The van der Waals surface area contributed by atoms with Gasteiger partial charge in [0.1, 0.15) is 5.75 Å². The Kier molecular flexibility index (Phi) is 4.09. The van der Waals surface area contributed by atoms with E-state index in [4.69, 9.17) is 4.74 Å². The molecule has 122 valence electrons. The molecule has 0 saturated carbocycles. The average molecular weight is 321 g/mol. The van der Waals surface area contributed by atoms with Crippen molar-refractivity contribution in [2.24, 2.45) is 9.98 Å². The summed E-state index contributed by atoms with van der Waals surface area (Å²) in [6.07, 6.45) is 2.10. The molecule has 4 rings (SSSR count). The molecule has 2 aromatic carbocycles. The minimum absolute atomic E-state index is 0.437. The van der Waals surface area contributed by atoms with Crippen molar-refractivity contribution in [3.8, 4) is 5.75 Å². The van der Waals surface area contributed by atoms with E-state index in [0.717, 1.165) is 38.2 Å². The molecule has 0 radical (unpaired) electrons. The Bertz CT molecular complexity index is 892. The lowest BCUT2D eigenvalue weighted by molar-refractivity contribution is 0.221. The number of hydrogen-bond donors (Lipinski definition) is 0. The molecule has 2 aliphatic rings. The fourth-order valence-corrected chi connectivity index (χ4v) is 3.23. The van der Waals surface area contributed by atoms with Gasteiger partial charge in [-0.25, -0.2) is 4.79 Å². The summed E-state index contributed by atoms with van der Waals surface area (Å²) >= 11 is 0. The van der Waals surface area contributed by atoms with Crippen LogP contribution < -0.4 is 15.5 Å². The SMILES string of the molecule is O=C1N=c2ccc(OCCCN3CCc4ccccc4C3)cc2=N1. The molecule has 0 saturated heterocycles. The van der Waals surface area contributed by atoms with Crippen molar-refractivity contribution in [1.29, 1.82) is 0 Å². The molecule has 2 aromatic rings. The Morgan fingerprint density at radius 2 is 1.88 bits per heavy atom. The minimum atomic E-state index is -0.437. The number of hydrogen-bond acceptors (Lipinski definition) is 3. The largest absolute Gasteiger partial charge is 0.493 e. The van der Waals surface area contributed by atoms with Crippen LogP contribution in [0.3, 0.4) is 0 Å². The summed E-state index contributed by atoms with van der Waals surface area (Å²) in [6, 6.07) is 13.6. The van der Waals surface area contributed by atoms with Crippen molar-refractivity contribution in [2.75, 3.05) is 19.7 Å². The Morgan fingerprint density at radius 1 is 1.04 bits per heavy atom. The predicted octanol–water partition coefficient (Wildman–Crippen LogP) is 1.89. The lowest BCUT2D eigenvalue weighted by atomic mass is 10.00. The molecule has 0 bridgehead atoms. The van der Waals surface area contributed by atoms with Gasteiger partial charge < -0.3 is 4.74 Å². The van der Waals surface area contributed by atoms with Gasteiger partial charge in [0.2, 0.25) is 0 Å². The predicted molar refractivity (Wildman–Crippen MR) is 89.7 cm³/mol. The minimum Gasteiger partial charge on any atom is -0.493 e. The first-order chi connectivity index (χ1) is 11.8. The summed E-state index contributed by atoms with van der Waals surface area (Å²) in [5.41, 5.74) is 2.92. The zero-order chi connectivity index (χ0) is 16.4. The van der Waals surface area contributed by atoms with Crippen molar-refractivity contribution >= 4 is 6.03 Å². The number of amides is 2. The number of nitrogens with zero attached hydrogens (tertiary/aromatic N) is 3. The first kappa shape index (κ1) is 15.0. The zero-order valence-electron chi connectivity index (χ0n) is 13.4. The maximum absolute atomic E-state index is 11.2. The van der Waals surface area contributed by atoms with Crippen LogP contribution in [0.5, 0.6) is 5.75 Å². The second-order valence-corrected chi connectivity index (χ2v) is 6.15. The van der Waals surface area contributed by atoms with Crippen LogP contribution in [0.2, 0.25) is 0 Å². The lowest BCUT2D eigenvalue weighted by Gasteiger charge is -2.28. The Labute approximate surface area is 140 Å². The second-order valence-electron chi connectivity index (χ2n) is 6.15. The number of ether oxygens (including phenoxy) is 1. The molecule has 0 atom stereocenters. The molecule has 5 heteroatoms.